The first-order valence-corrected chi connectivity index (χ1v) is 6.52. The van der Waals surface area contributed by atoms with Crippen LogP contribution < -0.4 is 5.56 Å². The van der Waals surface area contributed by atoms with Crippen LogP contribution in [-0.4, -0.2) is 10.3 Å². The zero-order chi connectivity index (χ0) is 9.84. The standard InChI is InChI=1S/C8H9Br2NOS/c1-2-13-5-11-4-6(9)3-7(10)8(11)12/h3-4H,2,5H2,1H3. The molecule has 0 amide bonds. The average Bonchev–Trinajstić information content (AvgIpc) is 2.09. The third kappa shape index (κ3) is 3.14. The van der Waals surface area contributed by atoms with E-state index in [1.807, 2.05) is 0 Å². The van der Waals surface area contributed by atoms with Crippen LogP contribution in [0.15, 0.2) is 26.0 Å². The van der Waals surface area contributed by atoms with Crippen LogP contribution >= 0.6 is 43.6 Å². The van der Waals surface area contributed by atoms with E-state index in [-0.39, 0.29) is 5.56 Å². The van der Waals surface area contributed by atoms with Crippen LogP contribution in [0.2, 0.25) is 0 Å². The van der Waals surface area contributed by atoms with Crippen molar-refractivity contribution in [2.24, 2.45) is 0 Å². The summed E-state index contributed by atoms with van der Waals surface area (Å²) in [7, 11) is 0. The second-order valence-corrected chi connectivity index (χ2v) is 5.42. The highest BCUT2D eigenvalue weighted by atomic mass is 79.9. The minimum atomic E-state index is 0.0177. The summed E-state index contributed by atoms with van der Waals surface area (Å²) in [5.74, 6) is 1.71. The van der Waals surface area contributed by atoms with Gasteiger partial charge >= 0.3 is 0 Å². The van der Waals surface area contributed by atoms with Crippen molar-refractivity contribution < 1.29 is 0 Å². The molecule has 72 valence electrons. The van der Waals surface area contributed by atoms with Gasteiger partial charge in [-0.2, -0.15) is 0 Å². The van der Waals surface area contributed by atoms with Crippen molar-refractivity contribution in [2.75, 3.05) is 5.75 Å². The molecule has 0 bridgehead atoms. The van der Waals surface area contributed by atoms with E-state index in [0.717, 1.165) is 10.2 Å². The molecule has 0 N–H and O–H groups in total. The first-order valence-electron chi connectivity index (χ1n) is 3.78. The minimum absolute atomic E-state index is 0.0177. The fourth-order valence-corrected chi connectivity index (χ4v) is 2.68. The van der Waals surface area contributed by atoms with Gasteiger partial charge in [0.25, 0.3) is 5.56 Å². The number of thioether (sulfide) groups is 1. The van der Waals surface area contributed by atoms with Crippen molar-refractivity contribution in [3.8, 4) is 0 Å². The molecule has 1 aromatic heterocycles. The lowest BCUT2D eigenvalue weighted by Gasteiger charge is -2.05. The van der Waals surface area contributed by atoms with Gasteiger partial charge in [0.15, 0.2) is 0 Å². The Kier molecular flexibility index (Phi) is 4.55. The smallest absolute Gasteiger partial charge is 0.265 e. The first-order chi connectivity index (χ1) is 6.15. The molecule has 0 aliphatic carbocycles. The number of hydrogen-bond donors (Lipinski definition) is 0. The van der Waals surface area contributed by atoms with Crippen LogP contribution in [-0.2, 0) is 5.88 Å². The van der Waals surface area contributed by atoms with Crippen LogP contribution in [0.25, 0.3) is 0 Å². The van der Waals surface area contributed by atoms with E-state index in [4.69, 9.17) is 0 Å². The number of pyridine rings is 1. The maximum atomic E-state index is 11.5. The van der Waals surface area contributed by atoms with Crippen LogP contribution in [0.3, 0.4) is 0 Å². The number of aromatic nitrogens is 1. The first kappa shape index (κ1) is 11.3. The summed E-state index contributed by atoms with van der Waals surface area (Å²) in [6, 6.07) is 1.76. The third-order valence-corrected chi connectivity index (χ3v) is 3.31. The lowest BCUT2D eigenvalue weighted by Crippen LogP contribution is -2.18. The summed E-state index contributed by atoms with van der Waals surface area (Å²) in [6.07, 6.45) is 1.80. The normalized spacial score (nSPS) is 10.4. The van der Waals surface area contributed by atoms with Gasteiger partial charge in [-0.25, -0.2) is 0 Å². The van der Waals surface area contributed by atoms with Crippen molar-refractivity contribution in [1.29, 1.82) is 0 Å². The zero-order valence-electron chi connectivity index (χ0n) is 7.09. The second-order valence-electron chi connectivity index (χ2n) is 2.40. The molecule has 0 aliphatic heterocycles. The molecular weight excluding hydrogens is 318 g/mol. The predicted molar refractivity (Wildman–Crippen MR) is 64.2 cm³/mol. The fourth-order valence-electron chi connectivity index (χ4n) is 0.850. The third-order valence-electron chi connectivity index (χ3n) is 1.44. The molecule has 0 aromatic carbocycles. The molecule has 1 heterocycles. The Hall–Kier alpha value is 0.260. The van der Waals surface area contributed by atoms with E-state index >= 15 is 0 Å². The van der Waals surface area contributed by atoms with Gasteiger partial charge in [-0.3, -0.25) is 4.79 Å². The molecule has 0 aliphatic rings. The highest BCUT2D eigenvalue weighted by molar-refractivity contribution is 9.11. The van der Waals surface area contributed by atoms with E-state index < -0.39 is 0 Å². The van der Waals surface area contributed by atoms with Gasteiger partial charge in [0.05, 0.1) is 10.3 Å². The average molecular weight is 327 g/mol. The Balaban J connectivity index is 2.99. The highest BCUT2D eigenvalue weighted by Gasteiger charge is 2.01. The SMILES string of the molecule is CCSCn1cc(Br)cc(Br)c1=O. The van der Waals surface area contributed by atoms with Crippen LogP contribution in [0.1, 0.15) is 6.92 Å². The molecule has 0 saturated carbocycles. The lowest BCUT2D eigenvalue weighted by atomic mass is 10.5. The van der Waals surface area contributed by atoms with Gasteiger partial charge in [-0.1, -0.05) is 6.92 Å². The number of nitrogens with zero attached hydrogens (tertiary/aromatic N) is 1. The van der Waals surface area contributed by atoms with E-state index in [1.165, 1.54) is 0 Å². The van der Waals surface area contributed by atoms with E-state index in [0.29, 0.717) is 10.3 Å². The summed E-state index contributed by atoms with van der Waals surface area (Å²) in [5, 5.41) is 0. The maximum Gasteiger partial charge on any atom is 0.265 e. The van der Waals surface area contributed by atoms with Gasteiger partial charge in [0.2, 0.25) is 0 Å². The molecule has 5 heteroatoms. The molecule has 2 nitrogen and oxygen atoms in total. The summed E-state index contributed by atoms with van der Waals surface area (Å²) in [4.78, 5) is 11.5. The van der Waals surface area contributed by atoms with Crippen LogP contribution in [0.5, 0.6) is 0 Å². The summed E-state index contributed by atoms with van der Waals surface area (Å²) >= 11 is 8.27. The summed E-state index contributed by atoms with van der Waals surface area (Å²) in [5.41, 5.74) is 0.0177. The number of halogens is 2. The molecule has 0 saturated heterocycles. The van der Waals surface area contributed by atoms with Crippen molar-refractivity contribution >= 4 is 43.6 Å². The second kappa shape index (κ2) is 5.22. The fraction of sp³-hybridized carbons (Fsp3) is 0.375. The molecule has 0 unspecified atom stereocenters. The predicted octanol–water partition coefficient (Wildman–Crippen LogP) is 3.08. The van der Waals surface area contributed by atoms with Gasteiger partial charge in [0.1, 0.15) is 0 Å². The van der Waals surface area contributed by atoms with Crippen molar-refractivity contribution in [1.82, 2.24) is 4.57 Å². The van der Waals surface area contributed by atoms with Gasteiger partial charge in [0, 0.05) is 10.7 Å². The molecule has 1 aromatic rings. The monoisotopic (exact) mass is 325 g/mol. The Bertz CT molecular complexity index is 350. The topological polar surface area (TPSA) is 22.0 Å². The van der Waals surface area contributed by atoms with E-state index in [2.05, 4.69) is 38.8 Å². The maximum absolute atomic E-state index is 11.5. The van der Waals surface area contributed by atoms with Crippen molar-refractivity contribution in [3.63, 3.8) is 0 Å². The summed E-state index contributed by atoms with van der Waals surface area (Å²) < 4.78 is 3.19. The lowest BCUT2D eigenvalue weighted by molar-refractivity contribution is 0.829. The minimum Gasteiger partial charge on any atom is -0.304 e. The molecule has 0 radical (unpaired) electrons. The number of rotatable bonds is 3. The van der Waals surface area contributed by atoms with Gasteiger partial charge < -0.3 is 4.57 Å². The Morgan fingerprint density at radius 1 is 1.54 bits per heavy atom. The Labute approximate surface area is 98.0 Å². The van der Waals surface area contributed by atoms with E-state index in [9.17, 15) is 4.79 Å². The molecule has 0 atom stereocenters. The Morgan fingerprint density at radius 2 is 2.23 bits per heavy atom. The van der Waals surface area contributed by atoms with Crippen molar-refractivity contribution in [2.45, 2.75) is 12.8 Å². The molecule has 0 fully saturated rings. The van der Waals surface area contributed by atoms with Gasteiger partial charge in [-0.05, 0) is 43.7 Å². The zero-order valence-corrected chi connectivity index (χ0v) is 11.1. The molecular formula is C8H9Br2NOS. The van der Waals surface area contributed by atoms with Crippen LogP contribution in [0, 0.1) is 0 Å². The summed E-state index contributed by atoms with van der Waals surface area (Å²) in [6.45, 7) is 2.07. The molecule has 0 spiro atoms. The van der Waals surface area contributed by atoms with Gasteiger partial charge in [-0.15, -0.1) is 11.8 Å². The quantitative estimate of drug-likeness (QED) is 0.851. The van der Waals surface area contributed by atoms with Crippen LogP contribution in [0.4, 0.5) is 0 Å². The van der Waals surface area contributed by atoms with Crippen molar-refractivity contribution in [3.05, 3.63) is 31.6 Å². The largest absolute Gasteiger partial charge is 0.304 e. The van der Waals surface area contributed by atoms with E-state index in [1.54, 1.807) is 28.6 Å². The Morgan fingerprint density at radius 3 is 2.85 bits per heavy atom. The molecule has 1 rings (SSSR count). The number of hydrogen-bond acceptors (Lipinski definition) is 2. The highest BCUT2D eigenvalue weighted by Crippen LogP contribution is 2.14. The molecule has 13 heavy (non-hydrogen) atoms.